The summed E-state index contributed by atoms with van der Waals surface area (Å²) >= 11 is 0. The van der Waals surface area contributed by atoms with Crippen LogP contribution in [0.1, 0.15) is 35.9 Å². The molecule has 0 unspecified atom stereocenters. The third kappa shape index (κ3) is 5.91. The topological polar surface area (TPSA) is 89.6 Å². The molecule has 8 heteroatoms. The zero-order valence-electron chi connectivity index (χ0n) is 18.6. The highest BCUT2D eigenvalue weighted by atomic mass is 16.5. The van der Waals surface area contributed by atoms with Crippen LogP contribution in [0.15, 0.2) is 65.5 Å². The second-order valence-electron chi connectivity index (χ2n) is 7.98. The summed E-state index contributed by atoms with van der Waals surface area (Å²) in [7, 11) is 1.66. The van der Waals surface area contributed by atoms with Crippen molar-refractivity contribution in [2.24, 2.45) is 0 Å². The number of carbonyl (C=O) groups excluding carboxylic acids is 2. The number of nitrogens with one attached hydrogen (secondary N) is 1. The van der Waals surface area contributed by atoms with Gasteiger partial charge < -0.3 is 23.9 Å². The van der Waals surface area contributed by atoms with Gasteiger partial charge in [0.05, 0.1) is 19.9 Å². The number of carbonyl (C=O) groups is 2. The molecule has 33 heavy (non-hydrogen) atoms. The van der Waals surface area contributed by atoms with Crippen molar-refractivity contribution in [3.05, 3.63) is 78.3 Å². The van der Waals surface area contributed by atoms with Crippen molar-refractivity contribution in [2.45, 2.75) is 25.3 Å². The number of hydrogen-bond acceptors (Lipinski definition) is 5. The van der Waals surface area contributed by atoms with Gasteiger partial charge in [-0.15, -0.1) is 0 Å². The van der Waals surface area contributed by atoms with E-state index >= 15 is 0 Å². The Balaban J connectivity index is 1.25. The second-order valence-corrected chi connectivity index (χ2v) is 7.98. The van der Waals surface area contributed by atoms with Crippen molar-refractivity contribution in [1.29, 1.82) is 0 Å². The number of methoxy groups -OCH3 is 1. The number of piperidine rings is 1. The summed E-state index contributed by atoms with van der Waals surface area (Å²) in [6.07, 6.45) is 10.00. The van der Waals surface area contributed by atoms with Crippen LogP contribution in [0, 0.1) is 0 Å². The van der Waals surface area contributed by atoms with Crippen LogP contribution >= 0.6 is 0 Å². The lowest BCUT2D eigenvalue weighted by Gasteiger charge is -2.32. The van der Waals surface area contributed by atoms with Crippen molar-refractivity contribution in [3.63, 3.8) is 0 Å². The molecule has 0 radical (unpaired) electrons. The monoisotopic (exact) mass is 448 g/mol. The third-order valence-electron chi connectivity index (χ3n) is 5.83. The van der Waals surface area contributed by atoms with Gasteiger partial charge in [-0.1, -0.05) is 12.1 Å². The van der Waals surface area contributed by atoms with E-state index in [9.17, 15) is 9.59 Å². The number of hydrogen-bond donors (Lipinski definition) is 1. The van der Waals surface area contributed by atoms with Crippen molar-refractivity contribution in [3.8, 4) is 5.75 Å². The fourth-order valence-corrected chi connectivity index (χ4v) is 4.01. The predicted octanol–water partition coefficient (Wildman–Crippen LogP) is 3.07. The van der Waals surface area contributed by atoms with Crippen LogP contribution in [0.3, 0.4) is 0 Å². The Kier molecular flexibility index (Phi) is 7.24. The van der Waals surface area contributed by atoms with E-state index in [-0.39, 0.29) is 18.4 Å². The molecule has 0 bridgehead atoms. The molecule has 1 aromatic carbocycles. The summed E-state index contributed by atoms with van der Waals surface area (Å²) < 4.78 is 12.5. The summed E-state index contributed by atoms with van der Waals surface area (Å²) in [5.74, 6) is 2.38. The van der Waals surface area contributed by atoms with Gasteiger partial charge in [0.2, 0.25) is 11.8 Å². The average Bonchev–Trinajstić information content (AvgIpc) is 3.54. The first-order valence-corrected chi connectivity index (χ1v) is 11.0. The van der Waals surface area contributed by atoms with Crippen LogP contribution in [0.25, 0.3) is 6.08 Å². The Morgan fingerprint density at radius 2 is 2.00 bits per heavy atom. The van der Waals surface area contributed by atoms with Gasteiger partial charge in [-0.25, -0.2) is 4.98 Å². The van der Waals surface area contributed by atoms with Gasteiger partial charge in [-0.3, -0.25) is 9.59 Å². The van der Waals surface area contributed by atoms with Crippen molar-refractivity contribution in [2.75, 3.05) is 26.7 Å². The molecular weight excluding hydrogens is 420 g/mol. The molecule has 0 saturated carbocycles. The van der Waals surface area contributed by atoms with Gasteiger partial charge in [0, 0.05) is 44.0 Å². The number of nitrogens with zero attached hydrogens (tertiary/aromatic N) is 3. The van der Waals surface area contributed by atoms with Crippen LogP contribution in [-0.2, 0) is 16.1 Å². The number of ether oxygens (including phenoxy) is 1. The zero-order valence-corrected chi connectivity index (χ0v) is 18.6. The number of rotatable bonds is 8. The van der Waals surface area contributed by atoms with Crippen LogP contribution in [0.4, 0.5) is 0 Å². The Bertz CT molecular complexity index is 1080. The van der Waals surface area contributed by atoms with Crippen LogP contribution < -0.4 is 10.1 Å². The van der Waals surface area contributed by atoms with E-state index in [2.05, 4.69) is 27.0 Å². The molecule has 3 aromatic rings. The molecule has 172 valence electrons. The number of amides is 2. The number of imidazole rings is 1. The van der Waals surface area contributed by atoms with Crippen LogP contribution in [-0.4, -0.2) is 53.0 Å². The smallest absolute Gasteiger partial charge is 0.244 e. The molecule has 3 heterocycles. The van der Waals surface area contributed by atoms with Gasteiger partial charge in [0.15, 0.2) is 0 Å². The van der Waals surface area contributed by atoms with Crippen LogP contribution in [0.2, 0.25) is 0 Å². The summed E-state index contributed by atoms with van der Waals surface area (Å²) in [6.45, 7) is 2.03. The maximum atomic E-state index is 12.5. The quantitative estimate of drug-likeness (QED) is 0.535. The van der Waals surface area contributed by atoms with E-state index in [0.29, 0.717) is 24.8 Å². The van der Waals surface area contributed by atoms with E-state index in [1.165, 1.54) is 17.9 Å². The van der Waals surface area contributed by atoms with E-state index in [4.69, 9.17) is 9.15 Å². The van der Waals surface area contributed by atoms with Gasteiger partial charge in [0.1, 0.15) is 17.3 Å². The molecule has 0 atom stereocenters. The number of aromatic nitrogens is 2. The standard InChI is InChI=1S/C25H28N4O4/c1-32-21-6-4-19(5-7-21)18-29-15-12-26-25(29)20-10-13-28(14-11-20)24(31)17-27-23(30)9-8-22-3-2-16-33-22/h2-9,12,15-16,20H,10-11,13-14,17-18H2,1H3,(H,27,30). The van der Waals surface area contributed by atoms with Crippen molar-refractivity contribution >= 4 is 17.9 Å². The maximum absolute atomic E-state index is 12.5. The molecule has 0 spiro atoms. The van der Waals surface area contributed by atoms with Gasteiger partial charge >= 0.3 is 0 Å². The van der Waals surface area contributed by atoms with Gasteiger partial charge in [-0.05, 0) is 48.7 Å². The summed E-state index contributed by atoms with van der Waals surface area (Å²) in [5, 5.41) is 2.64. The predicted molar refractivity (Wildman–Crippen MR) is 124 cm³/mol. The molecule has 0 aliphatic carbocycles. The molecular formula is C25H28N4O4. The normalized spacial score (nSPS) is 14.5. The molecule has 1 aliphatic rings. The average molecular weight is 449 g/mol. The minimum atomic E-state index is -0.324. The lowest BCUT2D eigenvalue weighted by molar-refractivity contribution is -0.133. The Labute approximate surface area is 192 Å². The molecule has 8 nitrogen and oxygen atoms in total. The van der Waals surface area contributed by atoms with E-state index < -0.39 is 0 Å². The Morgan fingerprint density at radius 3 is 2.70 bits per heavy atom. The van der Waals surface area contributed by atoms with Crippen molar-refractivity contribution in [1.82, 2.24) is 19.8 Å². The Morgan fingerprint density at radius 1 is 1.21 bits per heavy atom. The molecule has 1 N–H and O–H groups in total. The lowest BCUT2D eigenvalue weighted by atomic mass is 9.95. The maximum Gasteiger partial charge on any atom is 0.244 e. The fourth-order valence-electron chi connectivity index (χ4n) is 4.01. The first-order valence-electron chi connectivity index (χ1n) is 11.0. The largest absolute Gasteiger partial charge is 0.497 e. The number of furan rings is 1. The second kappa shape index (κ2) is 10.7. The minimum Gasteiger partial charge on any atom is -0.497 e. The van der Waals surface area contributed by atoms with E-state index in [1.54, 1.807) is 25.3 Å². The highest BCUT2D eigenvalue weighted by Crippen LogP contribution is 2.27. The first-order chi connectivity index (χ1) is 16.1. The minimum absolute atomic E-state index is 0.0158. The number of benzene rings is 1. The van der Waals surface area contributed by atoms with Crippen molar-refractivity contribution < 1.29 is 18.7 Å². The fraction of sp³-hybridized carbons (Fsp3) is 0.320. The first kappa shape index (κ1) is 22.4. The molecule has 2 amide bonds. The van der Waals surface area contributed by atoms with Crippen LogP contribution in [0.5, 0.6) is 5.75 Å². The molecule has 1 saturated heterocycles. The van der Waals surface area contributed by atoms with Gasteiger partial charge in [0.25, 0.3) is 0 Å². The van der Waals surface area contributed by atoms with Gasteiger partial charge in [-0.2, -0.15) is 0 Å². The summed E-state index contributed by atoms with van der Waals surface area (Å²) in [5.41, 5.74) is 1.18. The van der Waals surface area contributed by atoms with E-state index in [0.717, 1.165) is 31.0 Å². The zero-order chi connectivity index (χ0) is 23.0. The highest BCUT2D eigenvalue weighted by Gasteiger charge is 2.26. The number of likely N-dealkylation sites (tertiary alicyclic amines) is 1. The molecule has 1 fully saturated rings. The van der Waals surface area contributed by atoms with E-state index in [1.807, 2.05) is 29.4 Å². The SMILES string of the molecule is COc1ccc(Cn2ccnc2C2CCN(C(=O)CNC(=O)C=Cc3ccco3)CC2)cc1. The summed E-state index contributed by atoms with van der Waals surface area (Å²) in [6, 6.07) is 11.5. The Hall–Kier alpha value is -3.81. The lowest BCUT2D eigenvalue weighted by Crippen LogP contribution is -2.43. The molecule has 1 aliphatic heterocycles. The molecule has 2 aromatic heterocycles. The third-order valence-corrected chi connectivity index (χ3v) is 5.83. The molecule has 4 rings (SSSR count). The highest BCUT2D eigenvalue weighted by molar-refractivity contribution is 5.94. The summed E-state index contributed by atoms with van der Waals surface area (Å²) in [4.78, 5) is 30.9.